The molecule has 0 radical (unpaired) electrons. The van der Waals surface area contributed by atoms with E-state index >= 15 is 0 Å². The SMILES string of the molecule is O=C(COc1ccc(C2SCCCS2)cc1)NC1CC(C(=O)O)C1. The van der Waals surface area contributed by atoms with Crippen molar-refractivity contribution in [2.45, 2.75) is 29.9 Å². The number of nitrogens with one attached hydrogen (secondary N) is 1. The molecule has 1 aliphatic carbocycles. The Hall–Kier alpha value is -1.34. The number of carboxylic acids is 1. The van der Waals surface area contributed by atoms with Crippen LogP contribution in [-0.4, -0.2) is 41.1 Å². The number of thioether (sulfide) groups is 2. The second-order valence-electron chi connectivity index (χ2n) is 6.06. The van der Waals surface area contributed by atoms with Crippen molar-refractivity contribution in [3.63, 3.8) is 0 Å². The zero-order valence-electron chi connectivity index (χ0n) is 13.3. The fourth-order valence-corrected chi connectivity index (χ4v) is 5.65. The van der Waals surface area contributed by atoms with Crippen molar-refractivity contribution >= 4 is 35.4 Å². The first-order valence-corrected chi connectivity index (χ1v) is 10.2. The number of carbonyl (C=O) groups is 2. The topological polar surface area (TPSA) is 75.6 Å². The molecule has 1 saturated carbocycles. The van der Waals surface area contributed by atoms with Crippen molar-refractivity contribution in [3.8, 4) is 5.75 Å². The van der Waals surface area contributed by atoms with Gasteiger partial charge < -0.3 is 15.2 Å². The van der Waals surface area contributed by atoms with Gasteiger partial charge in [0.2, 0.25) is 0 Å². The number of rotatable bonds is 6. The number of hydrogen-bond donors (Lipinski definition) is 2. The van der Waals surface area contributed by atoms with Crippen LogP contribution in [0.15, 0.2) is 24.3 Å². The van der Waals surface area contributed by atoms with Gasteiger partial charge in [-0.3, -0.25) is 9.59 Å². The van der Waals surface area contributed by atoms with Crippen LogP contribution in [0.25, 0.3) is 0 Å². The Morgan fingerprint density at radius 2 is 1.83 bits per heavy atom. The predicted octanol–water partition coefficient (Wildman–Crippen LogP) is 2.91. The maximum absolute atomic E-state index is 11.8. The highest BCUT2D eigenvalue weighted by Crippen LogP contribution is 2.43. The number of carboxylic acid groups (broad SMARTS) is 1. The molecule has 7 heteroatoms. The van der Waals surface area contributed by atoms with E-state index in [9.17, 15) is 9.59 Å². The predicted molar refractivity (Wildman–Crippen MR) is 96.5 cm³/mol. The van der Waals surface area contributed by atoms with Gasteiger partial charge in [-0.1, -0.05) is 12.1 Å². The van der Waals surface area contributed by atoms with Crippen LogP contribution < -0.4 is 10.1 Å². The first kappa shape index (κ1) is 17.5. The van der Waals surface area contributed by atoms with E-state index in [1.807, 2.05) is 35.7 Å². The summed E-state index contributed by atoms with van der Waals surface area (Å²) in [5, 5.41) is 11.6. The van der Waals surface area contributed by atoms with Crippen molar-refractivity contribution in [3.05, 3.63) is 29.8 Å². The molecule has 1 aromatic rings. The van der Waals surface area contributed by atoms with E-state index in [0.29, 0.717) is 23.2 Å². The molecule has 0 atom stereocenters. The highest BCUT2D eigenvalue weighted by atomic mass is 32.2. The molecule has 130 valence electrons. The summed E-state index contributed by atoms with van der Waals surface area (Å²) in [6.07, 6.45) is 2.29. The van der Waals surface area contributed by atoms with Gasteiger partial charge >= 0.3 is 5.97 Å². The fraction of sp³-hybridized carbons (Fsp3) is 0.529. The Morgan fingerprint density at radius 3 is 2.46 bits per heavy atom. The van der Waals surface area contributed by atoms with Crippen LogP contribution in [0.5, 0.6) is 5.75 Å². The van der Waals surface area contributed by atoms with E-state index in [4.69, 9.17) is 9.84 Å². The number of carbonyl (C=O) groups excluding carboxylic acids is 1. The normalized spacial score (nSPS) is 24.0. The molecule has 5 nitrogen and oxygen atoms in total. The Bertz CT molecular complexity index is 581. The summed E-state index contributed by atoms with van der Waals surface area (Å²) in [7, 11) is 0. The molecule has 1 saturated heterocycles. The van der Waals surface area contributed by atoms with E-state index in [2.05, 4.69) is 17.4 Å². The number of ether oxygens (including phenoxy) is 1. The first-order valence-electron chi connectivity index (χ1n) is 8.10. The fourth-order valence-electron chi connectivity index (χ4n) is 2.76. The lowest BCUT2D eigenvalue weighted by Crippen LogP contribution is -2.48. The van der Waals surface area contributed by atoms with Crippen molar-refractivity contribution in [2.75, 3.05) is 18.1 Å². The van der Waals surface area contributed by atoms with Gasteiger partial charge in [-0.05, 0) is 48.5 Å². The molecule has 1 aromatic carbocycles. The largest absolute Gasteiger partial charge is 0.484 e. The van der Waals surface area contributed by atoms with Crippen LogP contribution in [0.3, 0.4) is 0 Å². The summed E-state index contributed by atoms with van der Waals surface area (Å²) in [5.41, 5.74) is 1.29. The van der Waals surface area contributed by atoms with Gasteiger partial charge in [0.25, 0.3) is 5.91 Å². The molecule has 1 heterocycles. The lowest BCUT2D eigenvalue weighted by Gasteiger charge is -2.32. The molecule has 2 aliphatic rings. The number of hydrogen-bond acceptors (Lipinski definition) is 5. The van der Waals surface area contributed by atoms with Crippen LogP contribution >= 0.6 is 23.5 Å². The molecule has 1 aliphatic heterocycles. The molecule has 1 amide bonds. The molecule has 0 unspecified atom stereocenters. The monoisotopic (exact) mass is 367 g/mol. The van der Waals surface area contributed by atoms with Crippen LogP contribution in [0.4, 0.5) is 0 Å². The average molecular weight is 367 g/mol. The minimum absolute atomic E-state index is 0.0371. The van der Waals surface area contributed by atoms with Crippen LogP contribution in [0, 0.1) is 5.92 Å². The summed E-state index contributed by atoms with van der Waals surface area (Å²) in [6, 6.07) is 7.90. The lowest BCUT2D eigenvalue weighted by atomic mass is 9.80. The summed E-state index contributed by atoms with van der Waals surface area (Å²) in [5.74, 6) is 1.79. The van der Waals surface area contributed by atoms with E-state index in [1.54, 1.807) is 0 Å². The summed E-state index contributed by atoms with van der Waals surface area (Å²) < 4.78 is 6.01. The third-order valence-corrected chi connectivity index (χ3v) is 7.22. The molecular formula is C17H21NO4S2. The van der Waals surface area contributed by atoms with Gasteiger partial charge in [0, 0.05) is 6.04 Å². The van der Waals surface area contributed by atoms with Crippen LogP contribution in [-0.2, 0) is 9.59 Å². The summed E-state index contributed by atoms with van der Waals surface area (Å²) >= 11 is 3.95. The van der Waals surface area contributed by atoms with Crippen molar-refractivity contribution in [1.29, 1.82) is 0 Å². The quantitative estimate of drug-likeness (QED) is 0.805. The molecule has 0 bridgehead atoms. The van der Waals surface area contributed by atoms with E-state index in [-0.39, 0.29) is 24.5 Å². The molecule has 2 N–H and O–H groups in total. The molecule has 3 rings (SSSR count). The standard InChI is InChI=1S/C17H21NO4S2/c19-15(18-13-8-12(9-13)16(20)21)10-22-14-4-2-11(3-5-14)17-23-6-1-7-24-17/h2-5,12-13,17H,1,6-10H2,(H,18,19)(H,20,21). The first-order chi connectivity index (χ1) is 11.6. The number of benzene rings is 1. The maximum atomic E-state index is 11.8. The Balaban J connectivity index is 1.40. The van der Waals surface area contributed by atoms with Gasteiger partial charge in [0.1, 0.15) is 5.75 Å². The average Bonchev–Trinajstić information content (AvgIpc) is 2.57. The van der Waals surface area contributed by atoms with Crippen molar-refractivity contribution < 1.29 is 19.4 Å². The third kappa shape index (κ3) is 4.60. The van der Waals surface area contributed by atoms with Gasteiger partial charge in [-0.25, -0.2) is 0 Å². The second-order valence-corrected chi connectivity index (χ2v) is 8.78. The van der Waals surface area contributed by atoms with Gasteiger partial charge in [0.15, 0.2) is 6.61 Å². The zero-order chi connectivity index (χ0) is 16.9. The summed E-state index contributed by atoms with van der Waals surface area (Å²) in [6.45, 7) is -0.0412. The van der Waals surface area contributed by atoms with Crippen molar-refractivity contribution in [1.82, 2.24) is 5.32 Å². The maximum Gasteiger partial charge on any atom is 0.306 e. The van der Waals surface area contributed by atoms with Gasteiger partial charge in [-0.15, -0.1) is 23.5 Å². The number of aliphatic carboxylic acids is 1. The van der Waals surface area contributed by atoms with E-state index in [0.717, 1.165) is 0 Å². The van der Waals surface area contributed by atoms with Gasteiger partial charge in [0.05, 0.1) is 10.5 Å². The smallest absolute Gasteiger partial charge is 0.306 e. The number of amides is 1. The minimum Gasteiger partial charge on any atom is -0.484 e. The van der Waals surface area contributed by atoms with E-state index in [1.165, 1.54) is 23.5 Å². The third-order valence-electron chi connectivity index (χ3n) is 4.20. The minimum atomic E-state index is -0.786. The van der Waals surface area contributed by atoms with Crippen molar-refractivity contribution in [2.24, 2.45) is 5.92 Å². The zero-order valence-corrected chi connectivity index (χ0v) is 14.9. The molecule has 0 spiro atoms. The molecular weight excluding hydrogens is 346 g/mol. The van der Waals surface area contributed by atoms with Crippen LogP contribution in [0.2, 0.25) is 0 Å². The second kappa shape index (κ2) is 8.16. The molecule has 2 fully saturated rings. The highest BCUT2D eigenvalue weighted by molar-refractivity contribution is 8.16. The molecule has 0 aromatic heterocycles. The Morgan fingerprint density at radius 1 is 1.17 bits per heavy atom. The van der Waals surface area contributed by atoms with Gasteiger partial charge in [-0.2, -0.15) is 0 Å². The molecule has 24 heavy (non-hydrogen) atoms. The highest BCUT2D eigenvalue weighted by Gasteiger charge is 2.35. The summed E-state index contributed by atoms with van der Waals surface area (Å²) in [4.78, 5) is 22.5. The van der Waals surface area contributed by atoms with E-state index < -0.39 is 5.97 Å². The Labute approximate surface area is 149 Å². The Kier molecular flexibility index (Phi) is 5.94. The van der Waals surface area contributed by atoms with Crippen LogP contribution in [0.1, 0.15) is 29.4 Å². The lowest BCUT2D eigenvalue weighted by molar-refractivity contribution is -0.146.